The van der Waals surface area contributed by atoms with Gasteiger partial charge in [0.05, 0.1) is 0 Å². The molecule has 0 rings (SSSR count). The van der Waals surface area contributed by atoms with Gasteiger partial charge >= 0.3 is 35.6 Å². The number of carboxylic acid groups (broad SMARTS) is 1. The van der Waals surface area contributed by atoms with Crippen LogP contribution in [0.25, 0.3) is 0 Å². The Balaban J connectivity index is 0. The minimum atomic E-state index is -0.980. The van der Waals surface area contributed by atoms with E-state index in [1.54, 1.807) is 0 Å². The third kappa shape index (κ3) is 19.9. The van der Waals surface area contributed by atoms with Crippen LogP contribution in [0.3, 0.4) is 0 Å². The van der Waals surface area contributed by atoms with Crippen LogP contribution in [0.1, 0.15) is 0 Å². The zero-order valence-electron chi connectivity index (χ0n) is 3.53. The minimum Gasteiger partial charge on any atom is -0.480 e. The lowest BCUT2D eigenvalue weighted by molar-refractivity contribution is -0.134. The Kier molecular flexibility index (Phi) is 15.2. The molecule has 0 saturated carbocycles. The Bertz CT molecular complexity index is 49.0. The Labute approximate surface area is 63.0 Å². The molecule has 0 atom stereocenters. The van der Waals surface area contributed by atoms with Crippen molar-refractivity contribution in [3.63, 3.8) is 0 Å². The number of carboxylic acids is 1. The molecule has 0 amide bonds. The SMILES string of the molecule is O=C(O)CCl.[Mg+2][Cl]. The molecule has 0 bridgehead atoms. The lowest BCUT2D eigenvalue weighted by Crippen LogP contribution is -1.92. The highest BCUT2D eigenvalue weighted by Crippen LogP contribution is 1.67. The largest absolute Gasteiger partial charge is 1.59 e. The molecular formula is C2H3Cl2MgO2+2. The first-order chi connectivity index (χ1) is 3.27. The van der Waals surface area contributed by atoms with Crippen molar-refractivity contribution in [3.8, 4) is 0 Å². The molecule has 0 aliphatic carbocycles. The smallest absolute Gasteiger partial charge is 0.480 e. The second kappa shape index (κ2) is 9.94. The predicted molar refractivity (Wildman–Crippen MR) is 30.0 cm³/mol. The summed E-state index contributed by atoms with van der Waals surface area (Å²) in [5, 5.41) is 7.59. The summed E-state index contributed by atoms with van der Waals surface area (Å²) in [7, 11) is 4.67. The Morgan fingerprint density at radius 2 is 1.86 bits per heavy atom. The number of alkyl halides is 1. The standard InChI is InChI=1S/C2H3ClO2.ClH.Mg/c3-1-2(4)5;;/h1H2,(H,4,5);1H;/q;;+3/p-1. The van der Waals surface area contributed by atoms with Crippen LogP contribution in [0, 0.1) is 0 Å². The number of carbonyl (C=O) groups is 1. The van der Waals surface area contributed by atoms with Gasteiger partial charge in [-0.1, -0.05) is 0 Å². The molecule has 7 radical (unpaired) electrons. The van der Waals surface area contributed by atoms with Crippen LogP contribution in [0.4, 0.5) is 0 Å². The molecule has 37 valence electrons. The minimum absolute atomic E-state index is 0.306. The summed E-state index contributed by atoms with van der Waals surface area (Å²) in [6.07, 6.45) is 0. The Morgan fingerprint density at radius 1 is 1.71 bits per heavy atom. The topological polar surface area (TPSA) is 37.3 Å². The van der Waals surface area contributed by atoms with Gasteiger partial charge in [0.1, 0.15) is 5.88 Å². The number of hydrogen-bond acceptors (Lipinski definition) is 1. The molecule has 0 spiro atoms. The normalized spacial score (nSPS) is 6.14. The lowest BCUT2D eigenvalue weighted by Gasteiger charge is -1.69. The monoisotopic (exact) mass is 153 g/mol. The number of hydrogen-bond donors (Lipinski definition) is 1. The van der Waals surface area contributed by atoms with Crippen LogP contribution in [0.5, 0.6) is 0 Å². The first kappa shape index (κ1) is 10.7. The summed E-state index contributed by atoms with van der Waals surface area (Å²) < 4.78 is 0. The van der Waals surface area contributed by atoms with E-state index in [1.807, 2.05) is 0 Å². The van der Waals surface area contributed by atoms with Crippen molar-refractivity contribution < 1.29 is 9.90 Å². The van der Waals surface area contributed by atoms with Crippen molar-refractivity contribution >= 4 is 47.2 Å². The van der Waals surface area contributed by atoms with E-state index < -0.39 is 5.97 Å². The van der Waals surface area contributed by atoms with Crippen molar-refractivity contribution in [2.24, 2.45) is 0 Å². The first-order valence-corrected chi connectivity index (χ1v) is 3.99. The molecule has 0 fully saturated rings. The van der Waals surface area contributed by atoms with Gasteiger partial charge in [-0.05, 0) is 0 Å². The van der Waals surface area contributed by atoms with E-state index >= 15 is 0 Å². The van der Waals surface area contributed by atoms with Crippen LogP contribution in [-0.4, -0.2) is 37.6 Å². The van der Waals surface area contributed by atoms with Gasteiger partial charge in [0.25, 0.3) is 0 Å². The van der Waals surface area contributed by atoms with Crippen molar-refractivity contribution in [1.29, 1.82) is 0 Å². The van der Waals surface area contributed by atoms with Crippen LogP contribution >= 0.6 is 20.7 Å². The lowest BCUT2D eigenvalue weighted by atomic mass is 10.8. The molecule has 0 aromatic carbocycles. The third-order valence-electron chi connectivity index (χ3n) is 0.114. The summed E-state index contributed by atoms with van der Waals surface area (Å²) in [6.45, 7) is 0. The summed E-state index contributed by atoms with van der Waals surface area (Å²) in [4.78, 5) is 9.24. The molecular weight excluding hydrogens is 151 g/mol. The van der Waals surface area contributed by atoms with Crippen LogP contribution < -0.4 is 0 Å². The highest BCUT2D eigenvalue weighted by atomic mass is 35.5. The first-order valence-electron chi connectivity index (χ1n) is 1.32. The second-order valence-corrected chi connectivity index (χ2v) is 0.795. The fraction of sp³-hybridized carbons (Fsp3) is 0.500. The molecule has 0 aromatic rings. The third-order valence-corrected chi connectivity index (χ3v) is 0.343. The van der Waals surface area contributed by atoms with Gasteiger partial charge in [-0.25, -0.2) is 0 Å². The van der Waals surface area contributed by atoms with Gasteiger partial charge < -0.3 is 5.11 Å². The van der Waals surface area contributed by atoms with Crippen molar-refractivity contribution in [2.75, 3.05) is 5.88 Å². The van der Waals surface area contributed by atoms with Crippen molar-refractivity contribution in [3.05, 3.63) is 0 Å². The van der Waals surface area contributed by atoms with Gasteiger partial charge in [0.15, 0.2) is 0 Å². The Morgan fingerprint density at radius 3 is 1.86 bits per heavy atom. The summed E-state index contributed by atoms with van der Waals surface area (Å²) >= 11 is 6.07. The Hall–Kier alpha value is 0.816. The van der Waals surface area contributed by atoms with Crippen LogP contribution in [-0.2, 0) is 4.79 Å². The van der Waals surface area contributed by atoms with E-state index in [2.05, 4.69) is 9.07 Å². The maximum Gasteiger partial charge on any atom is 1.59 e. The molecule has 1 N–H and O–H groups in total. The molecule has 0 aromatic heterocycles. The van der Waals surface area contributed by atoms with E-state index in [9.17, 15) is 4.79 Å². The van der Waals surface area contributed by atoms with E-state index in [0.717, 1.165) is 0 Å². The fourth-order valence-electron chi connectivity index (χ4n) is 0. The zero-order valence-corrected chi connectivity index (χ0v) is 6.45. The number of rotatable bonds is 1. The van der Waals surface area contributed by atoms with Gasteiger partial charge in [0.2, 0.25) is 0 Å². The molecule has 0 aliphatic heterocycles. The van der Waals surface area contributed by atoms with E-state index in [4.69, 9.17) is 16.7 Å². The molecule has 0 unspecified atom stereocenters. The summed E-state index contributed by atoms with van der Waals surface area (Å²) in [5.74, 6) is -1.29. The van der Waals surface area contributed by atoms with E-state index in [-0.39, 0.29) is 5.88 Å². The van der Waals surface area contributed by atoms with Gasteiger partial charge in [0, 0.05) is 0 Å². The van der Waals surface area contributed by atoms with Gasteiger partial charge in [-0.3, -0.25) is 4.79 Å². The van der Waals surface area contributed by atoms with E-state index in [1.165, 1.54) is 20.6 Å². The fourth-order valence-corrected chi connectivity index (χ4v) is 0. The molecule has 0 heterocycles. The highest BCUT2D eigenvalue weighted by molar-refractivity contribution is 6.80. The highest BCUT2D eigenvalue weighted by Gasteiger charge is 2.16. The molecule has 7 heavy (non-hydrogen) atoms. The average molecular weight is 154 g/mol. The molecule has 5 heteroatoms. The summed E-state index contributed by atoms with van der Waals surface area (Å²) in [5.41, 5.74) is 0. The number of aliphatic carboxylic acids is 1. The van der Waals surface area contributed by atoms with Crippen molar-refractivity contribution in [2.45, 2.75) is 0 Å². The average Bonchev–Trinajstić information content (AvgIpc) is 1.73. The number of halogens is 2. The van der Waals surface area contributed by atoms with Crippen LogP contribution in [0.15, 0.2) is 0 Å². The zero-order chi connectivity index (χ0) is 6.28. The summed E-state index contributed by atoms with van der Waals surface area (Å²) in [6, 6.07) is 0. The maximum absolute atomic E-state index is 9.24. The van der Waals surface area contributed by atoms with Gasteiger partial charge in [-0.15, -0.1) is 11.6 Å². The van der Waals surface area contributed by atoms with Crippen LogP contribution in [0.2, 0.25) is 0 Å². The molecule has 0 aliphatic rings. The quantitative estimate of drug-likeness (QED) is 0.444. The molecule has 0 saturated heterocycles. The van der Waals surface area contributed by atoms with Gasteiger partial charge in [-0.2, -0.15) is 0 Å². The molecule has 2 nitrogen and oxygen atoms in total. The predicted octanol–water partition coefficient (Wildman–Crippen LogP) is 0.619. The second-order valence-electron chi connectivity index (χ2n) is 0.527. The van der Waals surface area contributed by atoms with Crippen molar-refractivity contribution in [1.82, 2.24) is 0 Å². The van der Waals surface area contributed by atoms with E-state index in [0.29, 0.717) is 0 Å². The maximum atomic E-state index is 9.24.